The second-order valence-corrected chi connectivity index (χ2v) is 3.74. The van der Waals surface area contributed by atoms with Crippen molar-refractivity contribution in [3.63, 3.8) is 0 Å². The minimum Gasteiger partial charge on any atom is -0.496 e. The first-order chi connectivity index (χ1) is 7.36. The Balaban J connectivity index is 2.31. The summed E-state index contributed by atoms with van der Waals surface area (Å²) in [7, 11) is 1.67. The molecule has 0 aliphatic carbocycles. The number of nitrogens with zero attached hydrogens (tertiary/aromatic N) is 1. The van der Waals surface area contributed by atoms with E-state index in [-0.39, 0.29) is 6.04 Å². The Morgan fingerprint density at radius 1 is 1.47 bits per heavy atom. The molecule has 0 spiro atoms. The molecule has 1 heterocycles. The molecule has 3 nitrogen and oxygen atoms in total. The molecule has 0 unspecified atom stereocenters. The van der Waals surface area contributed by atoms with Gasteiger partial charge in [-0.25, -0.2) is 0 Å². The molecule has 0 aromatic heterocycles. The number of carbonyl (C=O) groups is 1. The van der Waals surface area contributed by atoms with E-state index in [1.165, 1.54) is 0 Å². The van der Waals surface area contributed by atoms with E-state index in [1.54, 1.807) is 7.11 Å². The van der Waals surface area contributed by atoms with Gasteiger partial charge in [-0.1, -0.05) is 18.2 Å². The standard InChI is InChI=1S/C12H15NO2/c1-15-12-7-3-2-5-10(12)11-6-4-8-13(11)9-14/h2-3,5,7,9,11H,4,6,8H2,1H3/t11-/m1/s1. The normalized spacial score (nSPS) is 20.3. The van der Waals surface area contributed by atoms with Crippen molar-refractivity contribution in [3.8, 4) is 5.75 Å². The Morgan fingerprint density at radius 3 is 3.00 bits per heavy atom. The molecule has 1 aliphatic rings. The fourth-order valence-corrected chi connectivity index (χ4v) is 2.19. The predicted molar refractivity (Wildman–Crippen MR) is 57.7 cm³/mol. The van der Waals surface area contributed by atoms with Gasteiger partial charge in [-0.05, 0) is 18.9 Å². The lowest BCUT2D eigenvalue weighted by Gasteiger charge is -2.22. The third-order valence-corrected chi connectivity index (χ3v) is 2.93. The number of hydrogen-bond donors (Lipinski definition) is 0. The monoisotopic (exact) mass is 205 g/mol. The highest BCUT2D eigenvalue weighted by molar-refractivity contribution is 5.51. The van der Waals surface area contributed by atoms with Gasteiger partial charge in [-0.3, -0.25) is 4.79 Å². The Hall–Kier alpha value is -1.51. The molecule has 0 N–H and O–H groups in total. The van der Waals surface area contributed by atoms with Crippen LogP contribution in [0.2, 0.25) is 0 Å². The van der Waals surface area contributed by atoms with Crippen LogP contribution in [0.4, 0.5) is 0 Å². The fraction of sp³-hybridized carbons (Fsp3) is 0.417. The van der Waals surface area contributed by atoms with E-state index in [0.29, 0.717) is 0 Å². The average Bonchev–Trinajstić information content (AvgIpc) is 2.76. The van der Waals surface area contributed by atoms with E-state index in [0.717, 1.165) is 37.1 Å². The van der Waals surface area contributed by atoms with Crippen LogP contribution in [-0.2, 0) is 4.79 Å². The molecule has 1 aromatic carbocycles. The number of rotatable bonds is 3. The maximum atomic E-state index is 10.9. The summed E-state index contributed by atoms with van der Waals surface area (Å²) in [6.07, 6.45) is 3.03. The van der Waals surface area contributed by atoms with Gasteiger partial charge in [0.1, 0.15) is 5.75 Å². The maximum Gasteiger partial charge on any atom is 0.210 e. The lowest BCUT2D eigenvalue weighted by Crippen LogP contribution is -2.21. The van der Waals surface area contributed by atoms with Crippen LogP contribution in [-0.4, -0.2) is 25.0 Å². The van der Waals surface area contributed by atoms with Gasteiger partial charge in [0.25, 0.3) is 0 Å². The highest BCUT2D eigenvalue weighted by atomic mass is 16.5. The van der Waals surface area contributed by atoms with Gasteiger partial charge in [0.05, 0.1) is 13.2 Å². The first-order valence-electron chi connectivity index (χ1n) is 5.20. The third-order valence-electron chi connectivity index (χ3n) is 2.93. The van der Waals surface area contributed by atoms with Gasteiger partial charge in [-0.15, -0.1) is 0 Å². The van der Waals surface area contributed by atoms with E-state index in [1.807, 2.05) is 29.2 Å². The van der Waals surface area contributed by atoms with E-state index < -0.39 is 0 Å². The lowest BCUT2D eigenvalue weighted by molar-refractivity contribution is -0.118. The van der Waals surface area contributed by atoms with Crippen LogP contribution in [0.15, 0.2) is 24.3 Å². The summed E-state index contributed by atoms with van der Waals surface area (Å²) < 4.78 is 5.31. The smallest absolute Gasteiger partial charge is 0.210 e. The van der Waals surface area contributed by atoms with Gasteiger partial charge in [0.15, 0.2) is 0 Å². The van der Waals surface area contributed by atoms with Gasteiger partial charge in [0, 0.05) is 12.1 Å². The van der Waals surface area contributed by atoms with Crippen molar-refractivity contribution >= 4 is 6.41 Å². The van der Waals surface area contributed by atoms with Crippen molar-refractivity contribution in [2.45, 2.75) is 18.9 Å². The van der Waals surface area contributed by atoms with Crippen LogP contribution in [0.1, 0.15) is 24.4 Å². The van der Waals surface area contributed by atoms with E-state index in [4.69, 9.17) is 4.74 Å². The highest BCUT2D eigenvalue weighted by Crippen LogP contribution is 2.35. The second kappa shape index (κ2) is 4.34. The van der Waals surface area contributed by atoms with E-state index >= 15 is 0 Å². The van der Waals surface area contributed by atoms with Crippen molar-refractivity contribution in [1.29, 1.82) is 0 Å². The zero-order chi connectivity index (χ0) is 10.7. The Morgan fingerprint density at radius 2 is 2.27 bits per heavy atom. The molecule has 3 heteroatoms. The molecule has 1 aromatic rings. The van der Waals surface area contributed by atoms with Gasteiger partial charge < -0.3 is 9.64 Å². The summed E-state index contributed by atoms with van der Waals surface area (Å²) in [6, 6.07) is 8.10. The van der Waals surface area contributed by atoms with Crippen molar-refractivity contribution in [2.75, 3.05) is 13.7 Å². The Kier molecular flexibility index (Phi) is 2.90. The van der Waals surface area contributed by atoms with Crippen molar-refractivity contribution in [1.82, 2.24) is 4.90 Å². The largest absolute Gasteiger partial charge is 0.496 e. The molecule has 1 fully saturated rings. The first kappa shape index (κ1) is 10.0. The summed E-state index contributed by atoms with van der Waals surface area (Å²) in [6.45, 7) is 0.853. The van der Waals surface area contributed by atoms with Crippen LogP contribution in [0, 0.1) is 0 Å². The molecule has 1 saturated heterocycles. The number of benzene rings is 1. The molecule has 1 amide bonds. The number of methoxy groups -OCH3 is 1. The summed E-state index contributed by atoms with van der Waals surface area (Å²) in [5, 5.41) is 0. The van der Waals surface area contributed by atoms with Crippen LogP contribution in [0.5, 0.6) is 5.75 Å². The van der Waals surface area contributed by atoms with Crippen LogP contribution in [0.3, 0.4) is 0 Å². The number of ether oxygens (including phenoxy) is 1. The average molecular weight is 205 g/mol. The lowest BCUT2D eigenvalue weighted by atomic mass is 10.0. The molecule has 0 radical (unpaired) electrons. The van der Waals surface area contributed by atoms with Crippen LogP contribution >= 0.6 is 0 Å². The third kappa shape index (κ3) is 1.82. The fourth-order valence-electron chi connectivity index (χ4n) is 2.19. The van der Waals surface area contributed by atoms with Gasteiger partial charge >= 0.3 is 0 Å². The molecule has 1 aliphatic heterocycles. The summed E-state index contributed by atoms with van der Waals surface area (Å²) >= 11 is 0. The zero-order valence-electron chi connectivity index (χ0n) is 8.85. The number of carbonyl (C=O) groups excluding carboxylic acids is 1. The minimum atomic E-state index is 0.193. The predicted octanol–water partition coefficient (Wildman–Crippen LogP) is 1.99. The first-order valence-corrected chi connectivity index (χ1v) is 5.20. The van der Waals surface area contributed by atoms with Gasteiger partial charge in [-0.2, -0.15) is 0 Å². The number of likely N-dealkylation sites (tertiary alicyclic amines) is 1. The summed E-state index contributed by atoms with van der Waals surface area (Å²) in [5.74, 6) is 0.872. The molecule has 0 saturated carbocycles. The quantitative estimate of drug-likeness (QED) is 0.706. The SMILES string of the molecule is COc1ccccc1[C@H]1CCCN1C=O. The number of amides is 1. The number of hydrogen-bond acceptors (Lipinski definition) is 2. The second-order valence-electron chi connectivity index (χ2n) is 3.74. The molecular weight excluding hydrogens is 190 g/mol. The maximum absolute atomic E-state index is 10.9. The van der Waals surface area contributed by atoms with Crippen molar-refractivity contribution < 1.29 is 9.53 Å². The Bertz CT molecular complexity index is 351. The Labute approximate surface area is 89.7 Å². The molecule has 1 atom stereocenters. The summed E-state index contributed by atoms with van der Waals surface area (Å²) in [4.78, 5) is 12.7. The highest BCUT2D eigenvalue weighted by Gasteiger charge is 2.26. The number of para-hydroxylation sites is 1. The topological polar surface area (TPSA) is 29.5 Å². The minimum absolute atomic E-state index is 0.193. The summed E-state index contributed by atoms with van der Waals surface area (Å²) in [5.41, 5.74) is 1.12. The van der Waals surface area contributed by atoms with Crippen molar-refractivity contribution in [3.05, 3.63) is 29.8 Å². The van der Waals surface area contributed by atoms with E-state index in [2.05, 4.69) is 0 Å². The molecule has 15 heavy (non-hydrogen) atoms. The van der Waals surface area contributed by atoms with Gasteiger partial charge in [0.2, 0.25) is 6.41 Å². The van der Waals surface area contributed by atoms with Crippen LogP contribution in [0.25, 0.3) is 0 Å². The van der Waals surface area contributed by atoms with Crippen LogP contribution < -0.4 is 4.74 Å². The zero-order valence-corrected chi connectivity index (χ0v) is 8.85. The van der Waals surface area contributed by atoms with Crippen molar-refractivity contribution in [2.24, 2.45) is 0 Å². The molecule has 0 bridgehead atoms. The molecular formula is C12H15NO2. The molecule has 80 valence electrons. The molecule has 2 rings (SSSR count). The van der Waals surface area contributed by atoms with E-state index in [9.17, 15) is 4.79 Å².